The Kier molecular flexibility index (Phi) is 5.98. The molecular formula is C14H19ClN2O3. The largest absolute Gasteiger partial charge is 0.466 e. The van der Waals surface area contributed by atoms with Gasteiger partial charge in [0.2, 0.25) is 5.60 Å². The Hall–Kier alpha value is -1.59. The fourth-order valence-corrected chi connectivity index (χ4v) is 2.23. The molecule has 1 aromatic carbocycles. The molecule has 0 aliphatic carbocycles. The van der Waals surface area contributed by atoms with E-state index in [0.717, 1.165) is 11.3 Å². The molecular weight excluding hydrogens is 280 g/mol. The summed E-state index contributed by atoms with van der Waals surface area (Å²) in [5, 5.41) is 3.98. The number of nitrogens with zero attached hydrogens (tertiary/aromatic N) is 1. The van der Waals surface area contributed by atoms with E-state index in [0.29, 0.717) is 25.8 Å². The van der Waals surface area contributed by atoms with Crippen LogP contribution in [0.25, 0.3) is 0 Å². The van der Waals surface area contributed by atoms with Crippen molar-refractivity contribution in [2.24, 2.45) is 10.9 Å². The number of ether oxygens (including phenoxy) is 1. The fraction of sp³-hybridized carbons (Fsp3) is 0.429. The van der Waals surface area contributed by atoms with E-state index >= 15 is 0 Å². The van der Waals surface area contributed by atoms with E-state index in [1.807, 2.05) is 30.3 Å². The van der Waals surface area contributed by atoms with E-state index in [9.17, 15) is 4.79 Å². The summed E-state index contributed by atoms with van der Waals surface area (Å²) < 4.78 is 4.87. The average molecular weight is 299 g/mol. The molecule has 0 bridgehead atoms. The van der Waals surface area contributed by atoms with E-state index < -0.39 is 11.6 Å². The van der Waals surface area contributed by atoms with Crippen molar-refractivity contribution in [2.75, 3.05) is 13.7 Å². The lowest BCUT2D eigenvalue weighted by Crippen LogP contribution is -2.42. The van der Waals surface area contributed by atoms with Crippen LogP contribution in [0.15, 0.2) is 35.5 Å². The van der Waals surface area contributed by atoms with Gasteiger partial charge in [-0.05, 0) is 12.1 Å². The number of esters is 1. The van der Waals surface area contributed by atoms with Crippen LogP contribution in [0.2, 0.25) is 0 Å². The van der Waals surface area contributed by atoms with Gasteiger partial charge < -0.3 is 15.3 Å². The standard InChI is InChI=1S/C14H18N2O3.ClH/c1-18-13(17)14(9-11-5-3-2-4-6-11)10-12(7-8-15)16-19-14;/h2-6H,7-10,15H2,1H3;1H. The first kappa shape index (κ1) is 16.5. The van der Waals surface area contributed by atoms with Crippen LogP contribution < -0.4 is 5.73 Å². The Bertz CT molecular complexity index is 479. The van der Waals surface area contributed by atoms with E-state index in [-0.39, 0.29) is 12.4 Å². The number of methoxy groups -OCH3 is 1. The molecule has 1 heterocycles. The number of hydrogen-bond donors (Lipinski definition) is 1. The third-order valence-corrected chi connectivity index (χ3v) is 3.16. The summed E-state index contributed by atoms with van der Waals surface area (Å²) >= 11 is 0. The highest BCUT2D eigenvalue weighted by Crippen LogP contribution is 2.30. The SMILES string of the molecule is COC(=O)C1(Cc2ccccc2)CC(CCN)=NO1.Cl. The van der Waals surface area contributed by atoms with E-state index in [4.69, 9.17) is 15.3 Å². The maximum absolute atomic E-state index is 12.0. The van der Waals surface area contributed by atoms with Gasteiger partial charge in [-0.15, -0.1) is 12.4 Å². The van der Waals surface area contributed by atoms with Crippen LogP contribution in [0.1, 0.15) is 18.4 Å². The molecule has 20 heavy (non-hydrogen) atoms. The molecule has 0 saturated carbocycles. The smallest absolute Gasteiger partial charge is 0.353 e. The van der Waals surface area contributed by atoms with Gasteiger partial charge in [-0.2, -0.15) is 0 Å². The zero-order valence-electron chi connectivity index (χ0n) is 11.4. The second-order valence-corrected chi connectivity index (χ2v) is 4.61. The number of halogens is 1. The maximum Gasteiger partial charge on any atom is 0.353 e. The number of carbonyl (C=O) groups excluding carboxylic acids is 1. The Morgan fingerprint density at radius 1 is 1.45 bits per heavy atom. The van der Waals surface area contributed by atoms with Gasteiger partial charge >= 0.3 is 5.97 Å². The zero-order chi connectivity index (χ0) is 13.7. The normalized spacial score (nSPS) is 20.6. The Labute approximate surface area is 124 Å². The van der Waals surface area contributed by atoms with Crippen molar-refractivity contribution >= 4 is 24.1 Å². The molecule has 5 nitrogen and oxygen atoms in total. The number of benzene rings is 1. The van der Waals surface area contributed by atoms with Crippen molar-refractivity contribution in [1.29, 1.82) is 0 Å². The number of oxime groups is 1. The molecule has 0 spiro atoms. The van der Waals surface area contributed by atoms with Crippen LogP contribution in [-0.2, 0) is 20.8 Å². The molecule has 1 aliphatic heterocycles. The Morgan fingerprint density at radius 3 is 2.75 bits per heavy atom. The van der Waals surface area contributed by atoms with Gasteiger partial charge in [0.15, 0.2) is 0 Å². The average Bonchev–Trinajstić information content (AvgIpc) is 2.84. The molecule has 2 rings (SSSR count). The maximum atomic E-state index is 12.0. The molecule has 1 unspecified atom stereocenters. The van der Waals surface area contributed by atoms with Gasteiger partial charge in [-0.3, -0.25) is 0 Å². The molecule has 0 radical (unpaired) electrons. The third-order valence-electron chi connectivity index (χ3n) is 3.16. The van der Waals surface area contributed by atoms with Crippen molar-refractivity contribution < 1.29 is 14.4 Å². The molecule has 1 aliphatic rings. The lowest BCUT2D eigenvalue weighted by molar-refractivity contribution is -0.166. The summed E-state index contributed by atoms with van der Waals surface area (Å²) in [5.74, 6) is -0.396. The predicted octanol–water partition coefficient (Wildman–Crippen LogP) is 1.69. The minimum absolute atomic E-state index is 0. The molecule has 1 atom stereocenters. The highest BCUT2D eigenvalue weighted by molar-refractivity contribution is 5.94. The summed E-state index contributed by atoms with van der Waals surface area (Å²) in [5.41, 5.74) is 6.28. The molecule has 6 heteroatoms. The number of nitrogens with two attached hydrogens (primary N) is 1. The number of carbonyl (C=O) groups is 1. The van der Waals surface area contributed by atoms with Gasteiger partial charge in [-0.1, -0.05) is 35.5 Å². The summed E-state index contributed by atoms with van der Waals surface area (Å²) in [6.45, 7) is 0.491. The lowest BCUT2D eigenvalue weighted by Gasteiger charge is -2.23. The summed E-state index contributed by atoms with van der Waals surface area (Å²) in [4.78, 5) is 17.5. The van der Waals surface area contributed by atoms with E-state index in [2.05, 4.69) is 5.16 Å². The molecule has 110 valence electrons. The first-order valence-electron chi connectivity index (χ1n) is 6.26. The first-order valence-corrected chi connectivity index (χ1v) is 6.26. The van der Waals surface area contributed by atoms with Crippen molar-refractivity contribution in [2.45, 2.75) is 24.9 Å². The topological polar surface area (TPSA) is 73.9 Å². The van der Waals surface area contributed by atoms with Gasteiger partial charge in [0.1, 0.15) is 0 Å². The molecule has 2 N–H and O–H groups in total. The van der Waals surface area contributed by atoms with Crippen molar-refractivity contribution in [3.63, 3.8) is 0 Å². The van der Waals surface area contributed by atoms with Crippen molar-refractivity contribution in [3.05, 3.63) is 35.9 Å². The fourth-order valence-electron chi connectivity index (χ4n) is 2.23. The van der Waals surface area contributed by atoms with Gasteiger partial charge in [-0.25, -0.2) is 4.79 Å². The Morgan fingerprint density at radius 2 is 2.15 bits per heavy atom. The molecule has 1 aromatic rings. The number of rotatable bonds is 5. The summed E-state index contributed by atoms with van der Waals surface area (Å²) in [6, 6.07) is 9.69. The minimum Gasteiger partial charge on any atom is -0.466 e. The third kappa shape index (κ3) is 3.49. The van der Waals surface area contributed by atoms with Gasteiger partial charge in [0.05, 0.1) is 12.8 Å². The summed E-state index contributed by atoms with van der Waals surface area (Å²) in [6.07, 6.45) is 1.51. The second kappa shape index (κ2) is 7.26. The molecule has 0 fully saturated rings. The summed E-state index contributed by atoms with van der Waals surface area (Å²) in [7, 11) is 1.36. The Balaban J connectivity index is 0.00000200. The highest BCUT2D eigenvalue weighted by Gasteiger charge is 2.47. The zero-order valence-corrected chi connectivity index (χ0v) is 12.2. The first-order chi connectivity index (χ1) is 9.20. The van der Waals surface area contributed by atoms with Gasteiger partial charge in [0, 0.05) is 19.3 Å². The molecule has 0 saturated heterocycles. The number of hydrogen-bond acceptors (Lipinski definition) is 5. The molecule has 0 aromatic heterocycles. The van der Waals surface area contributed by atoms with Crippen molar-refractivity contribution in [1.82, 2.24) is 0 Å². The highest BCUT2D eigenvalue weighted by atomic mass is 35.5. The quantitative estimate of drug-likeness (QED) is 0.840. The predicted molar refractivity (Wildman–Crippen MR) is 78.9 cm³/mol. The van der Waals surface area contributed by atoms with Crippen LogP contribution >= 0.6 is 12.4 Å². The van der Waals surface area contributed by atoms with Crippen LogP contribution in [0, 0.1) is 0 Å². The second-order valence-electron chi connectivity index (χ2n) is 4.61. The van der Waals surface area contributed by atoms with Gasteiger partial charge in [0.25, 0.3) is 0 Å². The molecule has 0 amide bonds. The minimum atomic E-state index is -1.04. The van der Waals surface area contributed by atoms with Crippen LogP contribution in [0.3, 0.4) is 0 Å². The monoisotopic (exact) mass is 298 g/mol. The van der Waals surface area contributed by atoms with Crippen LogP contribution in [-0.4, -0.2) is 30.9 Å². The van der Waals surface area contributed by atoms with E-state index in [1.165, 1.54) is 7.11 Å². The van der Waals surface area contributed by atoms with E-state index in [1.54, 1.807) is 0 Å². The van der Waals surface area contributed by atoms with Crippen LogP contribution in [0.4, 0.5) is 0 Å². The van der Waals surface area contributed by atoms with Crippen molar-refractivity contribution in [3.8, 4) is 0 Å². The van der Waals surface area contributed by atoms with Crippen LogP contribution in [0.5, 0.6) is 0 Å². The lowest BCUT2D eigenvalue weighted by atomic mass is 9.89.